The smallest absolute Gasteiger partial charge is 0.313 e. The molecule has 6 nitrogen and oxygen atoms in total. The van der Waals surface area contributed by atoms with Crippen LogP contribution < -0.4 is 10.6 Å². The summed E-state index contributed by atoms with van der Waals surface area (Å²) in [6.45, 7) is 6.02. The monoisotopic (exact) mass is 396 g/mol. The van der Waals surface area contributed by atoms with E-state index in [1.165, 1.54) is 0 Å². The topological polar surface area (TPSA) is 84.5 Å². The highest BCUT2D eigenvalue weighted by Crippen LogP contribution is 2.21. The lowest BCUT2D eigenvalue weighted by atomic mass is 9.97. The average molecular weight is 396 g/mol. The van der Waals surface area contributed by atoms with E-state index in [0.717, 1.165) is 5.56 Å². The molecule has 0 aliphatic carbocycles. The van der Waals surface area contributed by atoms with E-state index in [0.29, 0.717) is 30.1 Å². The van der Waals surface area contributed by atoms with Crippen molar-refractivity contribution in [3.8, 4) is 0 Å². The molecule has 2 aromatic rings. The largest absolute Gasteiger partial charge is 0.455 e. The Labute approximate surface area is 171 Å². The van der Waals surface area contributed by atoms with Crippen molar-refractivity contribution in [1.82, 2.24) is 5.32 Å². The summed E-state index contributed by atoms with van der Waals surface area (Å²) in [5.41, 5.74) is 1.60. The van der Waals surface area contributed by atoms with E-state index < -0.39 is 24.4 Å². The van der Waals surface area contributed by atoms with E-state index in [1.54, 1.807) is 24.3 Å². The average Bonchev–Trinajstić information content (AvgIpc) is 2.72. The molecule has 0 aromatic heterocycles. The van der Waals surface area contributed by atoms with E-state index in [4.69, 9.17) is 4.74 Å². The van der Waals surface area contributed by atoms with Crippen LogP contribution in [0.5, 0.6) is 0 Å². The molecule has 0 heterocycles. The highest BCUT2D eigenvalue weighted by Gasteiger charge is 2.21. The van der Waals surface area contributed by atoms with Gasteiger partial charge in [0, 0.05) is 6.54 Å². The second kappa shape index (κ2) is 11.0. The molecule has 0 aliphatic rings. The molecule has 154 valence electrons. The molecule has 0 unspecified atom stereocenters. The second-order valence-electron chi connectivity index (χ2n) is 7.18. The molecular weight excluding hydrogens is 368 g/mol. The highest BCUT2D eigenvalue weighted by molar-refractivity contribution is 6.04. The van der Waals surface area contributed by atoms with Crippen molar-refractivity contribution in [2.45, 2.75) is 33.1 Å². The number of ether oxygens (including phenoxy) is 1. The Hall–Kier alpha value is -3.15. The van der Waals surface area contributed by atoms with Gasteiger partial charge in [-0.3, -0.25) is 14.4 Å². The number of hydrogen-bond donors (Lipinski definition) is 2. The van der Waals surface area contributed by atoms with Crippen LogP contribution in [0.1, 0.15) is 49.0 Å². The van der Waals surface area contributed by atoms with Gasteiger partial charge in [-0.15, -0.1) is 0 Å². The Kier molecular flexibility index (Phi) is 8.40. The molecular formula is C23H28N2O4. The van der Waals surface area contributed by atoms with Gasteiger partial charge in [-0.05, 0) is 30.0 Å². The van der Waals surface area contributed by atoms with Gasteiger partial charge in [-0.25, -0.2) is 0 Å². The molecule has 0 fully saturated rings. The van der Waals surface area contributed by atoms with Gasteiger partial charge in [0.25, 0.3) is 11.8 Å². The Balaban J connectivity index is 1.96. The molecule has 0 radical (unpaired) electrons. The van der Waals surface area contributed by atoms with Crippen molar-refractivity contribution in [2.24, 2.45) is 5.92 Å². The summed E-state index contributed by atoms with van der Waals surface area (Å²) in [6.07, 6.45) is 0.573. The molecule has 2 aromatic carbocycles. The van der Waals surface area contributed by atoms with Crippen molar-refractivity contribution >= 4 is 23.5 Å². The van der Waals surface area contributed by atoms with Gasteiger partial charge >= 0.3 is 5.97 Å². The van der Waals surface area contributed by atoms with Gasteiger partial charge < -0.3 is 15.4 Å². The van der Waals surface area contributed by atoms with Crippen molar-refractivity contribution in [1.29, 1.82) is 0 Å². The molecule has 0 saturated heterocycles. The molecule has 0 saturated carbocycles. The molecule has 2 amide bonds. The summed E-state index contributed by atoms with van der Waals surface area (Å²) in [6, 6.07) is 16.1. The molecule has 6 heteroatoms. The first-order chi connectivity index (χ1) is 13.9. The zero-order valence-corrected chi connectivity index (χ0v) is 17.1. The molecule has 0 bridgehead atoms. The quantitative estimate of drug-likeness (QED) is 0.632. The van der Waals surface area contributed by atoms with E-state index in [2.05, 4.69) is 10.6 Å². The third-order valence-electron chi connectivity index (χ3n) is 4.36. The zero-order chi connectivity index (χ0) is 21.2. The van der Waals surface area contributed by atoms with Crippen LogP contribution in [0.3, 0.4) is 0 Å². The Morgan fingerprint density at radius 2 is 1.62 bits per heavy atom. The standard InChI is InChI=1S/C23H28N2O4/c1-4-18(17-10-6-5-7-11-17)23(28)29-15-21(26)25-20-13-9-8-12-19(20)22(27)24-14-16(2)3/h5-13,16,18H,4,14-15H2,1-3H3,(H,24,27)(H,25,26)/t18-/m0/s1. The molecule has 29 heavy (non-hydrogen) atoms. The minimum Gasteiger partial charge on any atom is -0.455 e. The summed E-state index contributed by atoms with van der Waals surface area (Å²) < 4.78 is 5.21. The van der Waals surface area contributed by atoms with Crippen molar-refractivity contribution in [2.75, 3.05) is 18.5 Å². The summed E-state index contributed by atoms with van der Waals surface area (Å²) >= 11 is 0. The third kappa shape index (κ3) is 6.75. The SMILES string of the molecule is CC[C@H](C(=O)OCC(=O)Nc1ccccc1C(=O)NCC(C)C)c1ccccc1. The molecule has 0 spiro atoms. The first-order valence-corrected chi connectivity index (χ1v) is 9.81. The van der Waals surface area contributed by atoms with Crippen LogP contribution in [0, 0.1) is 5.92 Å². The molecule has 0 aliphatic heterocycles. The van der Waals surface area contributed by atoms with E-state index >= 15 is 0 Å². The number of hydrogen-bond acceptors (Lipinski definition) is 4. The van der Waals surface area contributed by atoms with Gasteiger partial charge in [-0.1, -0.05) is 63.2 Å². The number of carbonyl (C=O) groups excluding carboxylic acids is 3. The minimum absolute atomic E-state index is 0.262. The molecule has 2 rings (SSSR count). The van der Waals surface area contributed by atoms with Crippen LogP contribution in [0.2, 0.25) is 0 Å². The normalized spacial score (nSPS) is 11.6. The maximum absolute atomic E-state index is 12.4. The predicted molar refractivity (Wildman–Crippen MR) is 113 cm³/mol. The van der Waals surface area contributed by atoms with E-state index in [-0.39, 0.29) is 5.91 Å². The number of para-hydroxylation sites is 1. The van der Waals surface area contributed by atoms with Crippen LogP contribution >= 0.6 is 0 Å². The zero-order valence-electron chi connectivity index (χ0n) is 17.1. The van der Waals surface area contributed by atoms with Gasteiger partial charge in [0.1, 0.15) is 0 Å². The number of rotatable bonds is 9. The van der Waals surface area contributed by atoms with Crippen molar-refractivity contribution < 1.29 is 19.1 Å². The van der Waals surface area contributed by atoms with Crippen LogP contribution in [-0.2, 0) is 14.3 Å². The first-order valence-electron chi connectivity index (χ1n) is 9.81. The van der Waals surface area contributed by atoms with Crippen LogP contribution in [0.25, 0.3) is 0 Å². The second-order valence-corrected chi connectivity index (χ2v) is 7.18. The number of benzene rings is 2. The van der Waals surface area contributed by atoms with Gasteiger partial charge in [0.05, 0.1) is 17.2 Å². The van der Waals surface area contributed by atoms with Gasteiger partial charge in [0.2, 0.25) is 0 Å². The number of amides is 2. The third-order valence-corrected chi connectivity index (χ3v) is 4.36. The lowest BCUT2D eigenvalue weighted by Gasteiger charge is -2.15. The van der Waals surface area contributed by atoms with Crippen LogP contribution in [-0.4, -0.2) is 30.9 Å². The summed E-state index contributed by atoms with van der Waals surface area (Å²) in [5.74, 6) is -1.31. The summed E-state index contributed by atoms with van der Waals surface area (Å²) in [5, 5.41) is 5.48. The summed E-state index contributed by atoms with van der Waals surface area (Å²) in [7, 11) is 0. The Bertz CT molecular complexity index is 834. The minimum atomic E-state index is -0.495. The highest BCUT2D eigenvalue weighted by atomic mass is 16.5. The lowest BCUT2D eigenvalue weighted by Crippen LogP contribution is -2.29. The van der Waals surface area contributed by atoms with E-state index in [9.17, 15) is 14.4 Å². The fraction of sp³-hybridized carbons (Fsp3) is 0.348. The maximum Gasteiger partial charge on any atom is 0.313 e. The van der Waals surface area contributed by atoms with Crippen molar-refractivity contribution in [3.05, 3.63) is 65.7 Å². The predicted octanol–water partition coefficient (Wildman–Crippen LogP) is 3.75. The van der Waals surface area contributed by atoms with Gasteiger partial charge in [0.15, 0.2) is 6.61 Å². The summed E-state index contributed by atoms with van der Waals surface area (Å²) in [4.78, 5) is 37.0. The molecule has 1 atom stereocenters. The Morgan fingerprint density at radius 3 is 2.28 bits per heavy atom. The lowest BCUT2D eigenvalue weighted by molar-refractivity contribution is -0.149. The number of nitrogens with one attached hydrogen (secondary N) is 2. The van der Waals surface area contributed by atoms with Gasteiger partial charge in [-0.2, -0.15) is 0 Å². The number of anilines is 1. The molecule has 2 N–H and O–H groups in total. The number of carbonyl (C=O) groups is 3. The first kappa shape index (κ1) is 22.1. The maximum atomic E-state index is 12.4. The van der Waals surface area contributed by atoms with Crippen molar-refractivity contribution in [3.63, 3.8) is 0 Å². The van der Waals surface area contributed by atoms with E-state index in [1.807, 2.05) is 51.1 Å². The fourth-order valence-corrected chi connectivity index (χ4v) is 2.83. The Morgan fingerprint density at radius 1 is 0.966 bits per heavy atom. The van der Waals surface area contributed by atoms with Crippen LogP contribution in [0.15, 0.2) is 54.6 Å². The number of esters is 1. The fourth-order valence-electron chi connectivity index (χ4n) is 2.83. The van der Waals surface area contributed by atoms with Crippen LogP contribution in [0.4, 0.5) is 5.69 Å².